The van der Waals surface area contributed by atoms with Crippen LogP contribution < -0.4 is 10.6 Å². The number of nitrogens with zero attached hydrogens (tertiary/aromatic N) is 1. The first kappa shape index (κ1) is 10.5. The summed E-state index contributed by atoms with van der Waals surface area (Å²) in [4.78, 5) is 2.13. The summed E-state index contributed by atoms with van der Waals surface area (Å²) >= 11 is 0. The van der Waals surface area contributed by atoms with Crippen molar-refractivity contribution in [3.05, 3.63) is 29.8 Å². The molecule has 0 unspecified atom stereocenters. The Morgan fingerprint density at radius 2 is 1.80 bits per heavy atom. The van der Waals surface area contributed by atoms with Crippen molar-refractivity contribution in [1.29, 1.82) is 0 Å². The quantitative estimate of drug-likeness (QED) is 0.814. The van der Waals surface area contributed by atoms with Crippen LogP contribution in [0.5, 0.6) is 0 Å². The molecule has 2 N–H and O–H groups in total. The molecule has 1 aromatic rings. The Balaban J connectivity index is 2.17. The van der Waals surface area contributed by atoms with Crippen LogP contribution in [0.15, 0.2) is 24.3 Å². The molecule has 0 bridgehead atoms. The molecule has 1 saturated carbocycles. The maximum atomic E-state index is 5.66. The Morgan fingerprint density at radius 1 is 1.20 bits per heavy atom. The minimum atomic E-state index is 0.430. The summed E-state index contributed by atoms with van der Waals surface area (Å²) in [5.41, 5.74) is 8.83. The van der Waals surface area contributed by atoms with Gasteiger partial charge in [0.2, 0.25) is 0 Å². The molecule has 1 fully saturated rings. The van der Waals surface area contributed by atoms with Crippen molar-refractivity contribution in [2.24, 2.45) is 5.73 Å². The van der Waals surface area contributed by atoms with Crippen LogP contribution in [0.4, 0.5) is 5.69 Å². The van der Waals surface area contributed by atoms with Crippen LogP contribution in [0.1, 0.15) is 24.8 Å². The Morgan fingerprint density at radius 3 is 2.20 bits per heavy atom. The minimum absolute atomic E-state index is 0.430. The molecular weight excluding hydrogens is 184 g/mol. The second kappa shape index (κ2) is 3.86. The van der Waals surface area contributed by atoms with E-state index in [1.807, 2.05) is 0 Å². The second-order valence-corrected chi connectivity index (χ2v) is 4.76. The van der Waals surface area contributed by atoms with Gasteiger partial charge in [0.05, 0.1) is 0 Å². The van der Waals surface area contributed by atoms with Crippen molar-refractivity contribution in [2.75, 3.05) is 25.5 Å². The summed E-state index contributed by atoms with van der Waals surface area (Å²) in [5, 5.41) is 0. The van der Waals surface area contributed by atoms with Gasteiger partial charge in [-0.2, -0.15) is 0 Å². The topological polar surface area (TPSA) is 29.3 Å². The summed E-state index contributed by atoms with van der Waals surface area (Å²) in [6, 6.07) is 8.92. The number of nitrogens with two attached hydrogens (primary N) is 1. The molecule has 1 aliphatic rings. The van der Waals surface area contributed by atoms with Crippen molar-refractivity contribution in [3.8, 4) is 0 Å². The van der Waals surface area contributed by atoms with E-state index in [4.69, 9.17) is 5.73 Å². The standard InChI is InChI=1S/C13H20N2/c1-15(2)12-5-3-11(4-6-12)13(7-8-13)9-10-14/h3-6H,7-10,14H2,1-2H3. The lowest BCUT2D eigenvalue weighted by Crippen LogP contribution is -2.14. The molecule has 2 nitrogen and oxygen atoms in total. The summed E-state index contributed by atoms with van der Waals surface area (Å²) < 4.78 is 0. The molecule has 0 saturated heterocycles. The van der Waals surface area contributed by atoms with Gasteiger partial charge in [0.25, 0.3) is 0 Å². The van der Waals surface area contributed by atoms with Gasteiger partial charge in [-0.15, -0.1) is 0 Å². The zero-order valence-corrected chi connectivity index (χ0v) is 9.66. The Hall–Kier alpha value is -1.02. The average Bonchev–Trinajstić information content (AvgIpc) is 3.00. The van der Waals surface area contributed by atoms with Crippen LogP contribution >= 0.6 is 0 Å². The van der Waals surface area contributed by atoms with E-state index < -0.39 is 0 Å². The van der Waals surface area contributed by atoms with Gasteiger partial charge in [0, 0.05) is 19.8 Å². The Kier molecular flexibility index (Phi) is 2.70. The van der Waals surface area contributed by atoms with E-state index in [-0.39, 0.29) is 0 Å². The molecule has 82 valence electrons. The number of hydrogen-bond donors (Lipinski definition) is 1. The SMILES string of the molecule is CN(C)c1ccc(C2(CCN)CC2)cc1. The molecule has 0 spiro atoms. The van der Waals surface area contributed by atoms with E-state index in [0.29, 0.717) is 5.41 Å². The summed E-state index contributed by atoms with van der Waals surface area (Å²) in [6.45, 7) is 0.801. The predicted molar refractivity (Wildman–Crippen MR) is 65.4 cm³/mol. The molecule has 0 heterocycles. The molecule has 1 aliphatic carbocycles. The van der Waals surface area contributed by atoms with Crippen molar-refractivity contribution in [3.63, 3.8) is 0 Å². The first-order chi connectivity index (χ1) is 7.18. The lowest BCUT2D eigenvalue weighted by Gasteiger charge is -2.17. The van der Waals surface area contributed by atoms with Gasteiger partial charge in [-0.25, -0.2) is 0 Å². The van der Waals surface area contributed by atoms with Gasteiger partial charge in [0.1, 0.15) is 0 Å². The van der Waals surface area contributed by atoms with Gasteiger partial charge in [-0.3, -0.25) is 0 Å². The highest BCUT2D eigenvalue weighted by atomic mass is 15.1. The number of benzene rings is 1. The lowest BCUT2D eigenvalue weighted by molar-refractivity contribution is 0.629. The highest BCUT2D eigenvalue weighted by molar-refractivity contribution is 5.48. The predicted octanol–water partition coefficient (Wildman–Crippen LogP) is 2.13. The maximum Gasteiger partial charge on any atom is 0.0361 e. The zero-order chi connectivity index (χ0) is 10.9. The van der Waals surface area contributed by atoms with Crippen LogP contribution in [-0.2, 0) is 5.41 Å². The number of anilines is 1. The first-order valence-corrected chi connectivity index (χ1v) is 5.66. The second-order valence-electron chi connectivity index (χ2n) is 4.76. The summed E-state index contributed by atoms with van der Waals surface area (Å²) in [5.74, 6) is 0. The number of rotatable bonds is 4. The smallest absolute Gasteiger partial charge is 0.0361 e. The average molecular weight is 204 g/mol. The largest absolute Gasteiger partial charge is 0.378 e. The van der Waals surface area contributed by atoms with Crippen LogP contribution in [-0.4, -0.2) is 20.6 Å². The molecule has 0 radical (unpaired) electrons. The van der Waals surface area contributed by atoms with Crippen LogP contribution in [0.2, 0.25) is 0 Å². The fourth-order valence-electron chi connectivity index (χ4n) is 2.22. The molecule has 2 heteroatoms. The van der Waals surface area contributed by atoms with Gasteiger partial charge >= 0.3 is 0 Å². The Labute approximate surface area is 92.1 Å². The van der Waals surface area contributed by atoms with Crippen molar-refractivity contribution < 1.29 is 0 Å². The molecule has 15 heavy (non-hydrogen) atoms. The van der Waals surface area contributed by atoms with Gasteiger partial charge in [-0.1, -0.05) is 12.1 Å². The van der Waals surface area contributed by atoms with Crippen LogP contribution in [0.25, 0.3) is 0 Å². The van der Waals surface area contributed by atoms with E-state index >= 15 is 0 Å². The van der Waals surface area contributed by atoms with Crippen molar-refractivity contribution in [1.82, 2.24) is 0 Å². The zero-order valence-electron chi connectivity index (χ0n) is 9.66. The summed E-state index contributed by atoms with van der Waals surface area (Å²) in [7, 11) is 4.14. The third-order valence-corrected chi connectivity index (χ3v) is 3.47. The molecule has 0 atom stereocenters. The highest BCUT2D eigenvalue weighted by Gasteiger charge is 2.42. The van der Waals surface area contributed by atoms with Crippen LogP contribution in [0.3, 0.4) is 0 Å². The van der Waals surface area contributed by atoms with Gasteiger partial charge in [0.15, 0.2) is 0 Å². The molecule has 1 aromatic carbocycles. The monoisotopic (exact) mass is 204 g/mol. The highest BCUT2D eigenvalue weighted by Crippen LogP contribution is 2.50. The summed E-state index contributed by atoms with van der Waals surface area (Å²) in [6.07, 6.45) is 3.76. The fraction of sp³-hybridized carbons (Fsp3) is 0.538. The molecule has 0 amide bonds. The maximum absolute atomic E-state index is 5.66. The number of hydrogen-bond acceptors (Lipinski definition) is 2. The van der Waals surface area contributed by atoms with E-state index in [1.165, 1.54) is 24.1 Å². The van der Waals surface area contributed by atoms with E-state index in [0.717, 1.165) is 13.0 Å². The van der Waals surface area contributed by atoms with Crippen molar-refractivity contribution >= 4 is 5.69 Å². The first-order valence-electron chi connectivity index (χ1n) is 5.66. The van der Waals surface area contributed by atoms with Gasteiger partial charge < -0.3 is 10.6 Å². The normalized spacial score (nSPS) is 17.5. The fourth-order valence-corrected chi connectivity index (χ4v) is 2.22. The minimum Gasteiger partial charge on any atom is -0.378 e. The van der Waals surface area contributed by atoms with E-state index in [2.05, 4.69) is 43.3 Å². The molecule has 0 aliphatic heterocycles. The van der Waals surface area contributed by atoms with Gasteiger partial charge in [-0.05, 0) is 48.9 Å². The van der Waals surface area contributed by atoms with Crippen LogP contribution in [0, 0.1) is 0 Å². The van der Waals surface area contributed by atoms with E-state index in [9.17, 15) is 0 Å². The molecule has 2 rings (SSSR count). The van der Waals surface area contributed by atoms with E-state index in [1.54, 1.807) is 0 Å². The molecule has 0 aromatic heterocycles. The molecular formula is C13H20N2. The van der Waals surface area contributed by atoms with Crippen molar-refractivity contribution in [2.45, 2.75) is 24.7 Å². The third kappa shape index (κ3) is 2.00. The lowest BCUT2D eigenvalue weighted by atomic mass is 9.92. The third-order valence-electron chi connectivity index (χ3n) is 3.47. The Bertz CT molecular complexity index is 323.